The Morgan fingerprint density at radius 3 is 2.12 bits per heavy atom. The van der Waals surface area contributed by atoms with E-state index in [1.807, 2.05) is 73.8 Å². The van der Waals surface area contributed by atoms with E-state index in [0.717, 1.165) is 39.9 Å². The van der Waals surface area contributed by atoms with E-state index in [9.17, 15) is 9.59 Å². The Labute approximate surface area is 234 Å². The third-order valence-corrected chi connectivity index (χ3v) is 8.87. The van der Waals surface area contributed by atoms with Crippen LogP contribution in [0.15, 0.2) is 102 Å². The minimum atomic E-state index is -0.893. The molecule has 0 N–H and O–H groups in total. The SMILES string of the molecule is CCOc1ccccc1N1C(=O)C2C3c4ccccc4C(C=Nc4ccccc4CC)(c4ccccc43)C2C1=O. The number of para-hydroxylation sites is 3. The Morgan fingerprint density at radius 1 is 0.800 bits per heavy atom. The van der Waals surface area contributed by atoms with E-state index in [0.29, 0.717) is 18.0 Å². The van der Waals surface area contributed by atoms with Gasteiger partial charge in [-0.05, 0) is 59.4 Å². The van der Waals surface area contributed by atoms with Gasteiger partial charge in [-0.15, -0.1) is 0 Å². The van der Waals surface area contributed by atoms with Crippen LogP contribution < -0.4 is 9.64 Å². The van der Waals surface area contributed by atoms with Gasteiger partial charge in [0.25, 0.3) is 0 Å². The molecule has 5 heteroatoms. The molecule has 0 spiro atoms. The maximum Gasteiger partial charge on any atom is 0.239 e. The van der Waals surface area contributed by atoms with Gasteiger partial charge in [-0.2, -0.15) is 0 Å². The van der Waals surface area contributed by atoms with Crippen molar-refractivity contribution >= 4 is 29.4 Å². The van der Waals surface area contributed by atoms with Crippen molar-refractivity contribution < 1.29 is 14.3 Å². The van der Waals surface area contributed by atoms with Crippen LogP contribution in [0, 0.1) is 11.8 Å². The summed E-state index contributed by atoms with van der Waals surface area (Å²) in [7, 11) is 0. The molecule has 3 aliphatic carbocycles. The summed E-state index contributed by atoms with van der Waals surface area (Å²) in [5.41, 5.74) is 5.93. The van der Waals surface area contributed by atoms with E-state index in [2.05, 4.69) is 37.3 Å². The lowest BCUT2D eigenvalue weighted by Gasteiger charge is -2.52. The van der Waals surface area contributed by atoms with E-state index in [1.54, 1.807) is 6.07 Å². The fraction of sp³-hybridized carbons (Fsp3) is 0.229. The van der Waals surface area contributed by atoms with Gasteiger partial charge < -0.3 is 4.74 Å². The lowest BCUT2D eigenvalue weighted by atomic mass is 9.47. The molecule has 40 heavy (non-hydrogen) atoms. The van der Waals surface area contributed by atoms with Gasteiger partial charge in [0.1, 0.15) is 5.75 Å². The number of benzene rings is 4. The van der Waals surface area contributed by atoms with Crippen LogP contribution in [0.2, 0.25) is 0 Å². The highest BCUT2D eigenvalue weighted by atomic mass is 16.5. The number of aryl methyl sites for hydroxylation is 1. The minimum Gasteiger partial charge on any atom is -0.492 e. The van der Waals surface area contributed by atoms with Gasteiger partial charge in [0.2, 0.25) is 11.8 Å². The topological polar surface area (TPSA) is 59.0 Å². The van der Waals surface area contributed by atoms with Gasteiger partial charge in [0, 0.05) is 12.1 Å². The molecular formula is C35H30N2O3. The number of amides is 2. The molecule has 1 fully saturated rings. The monoisotopic (exact) mass is 526 g/mol. The number of carbonyl (C=O) groups excluding carboxylic acids is 2. The Hall–Kier alpha value is -4.51. The van der Waals surface area contributed by atoms with Crippen LogP contribution in [-0.4, -0.2) is 24.6 Å². The fourth-order valence-corrected chi connectivity index (χ4v) is 7.31. The lowest BCUT2D eigenvalue weighted by Crippen LogP contribution is -2.54. The number of carbonyl (C=O) groups is 2. The summed E-state index contributed by atoms with van der Waals surface area (Å²) in [4.78, 5) is 35.6. The van der Waals surface area contributed by atoms with Gasteiger partial charge in [-0.3, -0.25) is 14.6 Å². The molecule has 2 amide bonds. The zero-order valence-electron chi connectivity index (χ0n) is 22.6. The zero-order chi connectivity index (χ0) is 27.4. The Bertz CT molecular complexity index is 1640. The lowest BCUT2D eigenvalue weighted by molar-refractivity contribution is -0.122. The van der Waals surface area contributed by atoms with Gasteiger partial charge in [0.05, 0.1) is 35.2 Å². The van der Waals surface area contributed by atoms with E-state index in [1.165, 1.54) is 4.90 Å². The second-order valence-electron chi connectivity index (χ2n) is 10.7. The van der Waals surface area contributed by atoms with Crippen LogP contribution in [0.3, 0.4) is 0 Å². The number of ether oxygens (including phenoxy) is 1. The van der Waals surface area contributed by atoms with Crippen molar-refractivity contribution in [1.82, 2.24) is 0 Å². The fourth-order valence-electron chi connectivity index (χ4n) is 7.31. The highest BCUT2D eigenvalue weighted by Crippen LogP contribution is 2.64. The number of nitrogens with zero attached hydrogens (tertiary/aromatic N) is 2. The number of anilines is 1. The molecule has 0 radical (unpaired) electrons. The summed E-state index contributed by atoms with van der Waals surface area (Å²) in [5.74, 6) is -1.22. The first-order valence-corrected chi connectivity index (χ1v) is 14.0. The molecule has 2 bridgehead atoms. The quantitative estimate of drug-likeness (QED) is 0.210. The van der Waals surface area contributed by atoms with Crippen LogP contribution in [0.4, 0.5) is 11.4 Å². The number of rotatable bonds is 6. The van der Waals surface area contributed by atoms with Crippen LogP contribution in [0.1, 0.15) is 47.6 Å². The van der Waals surface area contributed by atoms with E-state index in [-0.39, 0.29) is 17.7 Å². The molecule has 2 atom stereocenters. The third kappa shape index (κ3) is 3.24. The average molecular weight is 527 g/mol. The molecule has 4 aliphatic rings. The number of imide groups is 1. The predicted molar refractivity (Wildman–Crippen MR) is 157 cm³/mol. The minimum absolute atomic E-state index is 0.178. The highest BCUT2D eigenvalue weighted by Gasteiger charge is 2.68. The third-order valence-electron chi connectivity index (χ3n) is 8.87. The standard InChI is InChI=1S/C35H30N2O3/c1-3-22-13-5-10-18-27(22)36-21-35-25-16-8-6-14-23(25)30(24-15-7-9-17-26(24)35)31-32(35)34(39)37(33(31)38)28-19-11-12-20-29(28)40-4-2/h5-21,30-32H,3-4H2,1-2H3. The number of aliphatic imine (C=N–C) groups is 1. The molecule has 8 rings (SSSR count). The van der Waals surface area contributed by atoms with Gasteiger partial charge >= 0.3 is 0 Å². The van der Waals surface area contributed by atoms with Crippen molar-refractivity contribution in [3.8, 4) is 5.75 Å². The molecule has 5 nitrogen and oxygen atoms in total. The summed E-state index contributed by atoms with van der Waals surface area (Å²) in [6.07, 6.45) is 2.82. The van der Waals surface area contributed by atoms with Crippen molar-refractivity contribution in [3.63, 3.8) is 0 Å². The van der Waals surface area contributed by atoms with Crippen LogP contribution >= 0.6 is 0 Å². The Kier molecular flexibility index (Phi) is 5.70. The highest BCUT2D eigenvalue weighted by molar-refractivity contribution is 6.25. The second kappa shape index (κ2) is 9.30. The maximum atomic E-state index is 14.6. The second-order valence-corrected chi connectivity index (χ2v) is 10.7. The number of hydrogen-bond acceptors (Lipinski definition) is 4. The van der Waals surface area contributed by atoms with Crippen molar-refractivity contribution in [3.05, 3.63) is 125 Å². The normalized spacial score (nSPS) is 24.2. The molecule has 198 valence electrons. The van der Waals surface area contributed by atoms with Crippen molar-refractivity contribution in [2.75, 3.05) is 11.5 Å². The molecule has 0 aromatic heterocycles. The maximum absolute atomic E-state index is 14.6. The molecule has 1 saturated heterocycles. The van der Waals surface area contributed by atoms with E-state index < -0.39 is 17.3 Å². The van der Waals surface area contributed by atoms with Crippen LogP contribution in [0.25, 0.3) is 0 Å². The van der Waals surface area contributed by atoms with Gasteiger partial charge in [0.15, 0.2) is 0 Å². The summed E-state index contributed by atoms with van der Waals surface area (Å²) in [5, 5.41) is 0. The first-order chi connectivity index (χ1) is 19.6. The van der Waals surface area contributed by atoms with Gasteiger partial charge in [-0.1, -0.05) is 85.8 Å². The summed E-state index contributed by atoms with van der Waals surface area (Å²) < 4.78 is 5.88. The van der Waals surface area contributed by atoms with Crippen molar-refractivity contribution in [2.45, 2.75) is 31.6 Å². The summed E-state index contributed by atoms with van der Waals surface area (Å²) in [6, 6.07) is 32.0. The van der Waals surface area contributed by atoms with Crippen LogP contribution in [0.5, 0.6) is 5.75 Å². The number of hydrogen-bond donors (Lipinski definition) is 0. The molecule has 1 aliphatic heterocycles. The Morgan fingerprint density at radius 2 is 1.43 bits per heavy atom. The van der Waals surface area contributed by atoms with E-state index in [4.69, 9.17) is 9.73 Å². The molecule has 1 heterocycles. The van der Waals surface area contributed by atoms with Crippen LogP contribution in [-0.2, 0) is 21.4 Å². The first-order valence-electron chi connectivity index (χ1n) is 14.0. The zero-order valence-corrected chi connectivity index (χ0v) is 22.6. The Balaban J connectivity index is 1.49. The van der Waals surface area contributed by atoms with Crippen molar-refractivity contribution in [1.29, 1.82) is 0 Å². The van der Waals surface area contributed by atoms with Crippen molar-refractivity contribution in [2.24, 2.45) is 16.8 Å². The molecule has 4 aromatic carbocycles. The molecule has 0 saturated carbocycles. The van der Waals surface area contributed by atoms with Gasteiger partial charge in [-0.25, -0.2) is 4.90 Å². The largest absolute Gasteiger partial charge is 0.492 e. The van der Waals surface area contributed by atoms with E-state index >= 15 is 0 Å². The molecule has 4 aromatic rings. The predicted octanol–water partition coefficient (Wildman–Crippen LogP) is 6.60. The summed E-state index contributed by atoms with van der Waals surface area (Å²) in [6.45, 7) is 4.45. The average Bonchev–Trinajstić information content (AvgIpc) is 3.27. The first kappa shape index (κ1) is 24.5. The molecule has 2 unspecified atom stereocenters. The smallest absolute Gasteiger partial charge is 0.239 e. The molecular weight excluding hydrogens is 496 g/mol. The summed E-state index contributed by atoms with van der Waals surface area (Å²) >= 11 is 0.